The summed E-state index contributed by atoms with van der Waals surface area (Å²) in [5.41, 5.74) is 0. The molecule has 1 rings (SSSR count). The van der Waals surface area contributed by atoms with Gasteiger partial charge in [-0.05, 0) is 19.1 Å². The first kappa shape index (κ1) is 7.29. The molecule has 4 heteroatoms. The van der Waals surface area contributed by atoms with Crippen molar-refractivity contribution >= 4 is 17.3 Å². The van der Waals surface area contributed by atoms with Crippen molar-refractivity contribution in [3.8, 4) is 6.07 Å². The van der Waals surface area contributed by atoms with Crippen LogP contribution in [-0.2, 0) is 0 Å². The maximum Gasteiger partial charge on any atom is 0.167 e. The Hall–Kier alpha value is -0.820. The van der Waals surface area contributed by atoms with E-state index in [9.17, 15) is 0 Å². The molecule has 0 unspecified atom stereocenters. The van der Waals surface area contributed by atoms with Crippen LogP contribution in [0.25, 0.3) is 0 Å². The van der Waals surface area contributed by atoms with Gasteiger partial charge >= 0.3 is 0 Å². The molecule has 0 aromatic carbocycles. The van der Waals surface area contributed by atoms with Crippen LogP contribution in [0, 0.1) is 11.3 Å². The van der Waals surface area contributed by atoms with Gasteiger partial charge in [-0.3, -0.25) is 0 Å². The SMILES string of the molecule is C[C@@H]1C[C@H](C#N)NC(=S)N1. The van der Waals surface area contributed by atoms with Gasteiger partial charge in [0.25, 0.3) is 0 Å². The molecule has 0 aliphatic carbocycles. The van der Waals surface area contributed by atoms with E-state index in [-0.39, 0.29) is 6.04 Å². The Labute approximate surface area is 65.4 Å². The number of hydrogen-bond donors (Lipinski definition) is 2. The first-order valence-corrected chi connectivity index (χ1v) is 3.60. The highest BCUT2D eigenvalue weighted by Gasteiger charge is 2.19. The zero-order valence-electron chi connectivity index (χ0n) is 5.72. The lowest BCUT2D eigenvalue weighted by Crippen LogP contribution is -2.52. The van der Waals surface area contributed by atoms with E-state index in [1.807, 2.05) is 6.92 Å². The van der Waals surface area contributed by atoms with Crippen LogP contribution >= 0.6 is 12.2 Å². The van der Waals surface area contributed by atoms with Gasteiger partial charge < -0.3 is 10.6 Å². The minimum atomic E-state index is -0.108. The molecule has 0 saturated carbocycles. The normalized spacial score (nSPS) is 31.8. The van der Waals surface area contributed by atoms with E-state index in [4.69, 9.17) is 17.5 Å². The number of nitrogens with one attached hydrogen (secondary N) is 2. The average molecular weight is 155 g/mol. The Morgan fingerprint density at radius 3 is 2.90 bits per heavy atom. The third kappa shape index (κ3) is 1.58. The van der Waals surface area contributed by atoms with Gasteiger partial charge in [0, 0.05) is 12.5 Å². The van der Waals surface area contributed by atoms with E-state index in [0.717, 1.165) is 6.42 Å². The van der Waals surface area contributed by atoms with Crippen molar-refractivity contribution in [2.75, 3.05) is 0 Å². The second kappa shape index (κ2) is 2.84. The predicted molar refractivity (Wildman–Crippen MR) is 42.3 cm³/mol. The lowest BCUT2D eigenvalue weighted by Gasteiger charge is -2.26. The fraction of sp³-hybridized carbons (Fsp3) is 0.667. The summed E-state index contributed by atoms with van der Waals surface area (Å²) in [6.07, 6.45) is 0.816. The zero-order valence-corrected chi connectivity index (χ0v) is 6.53. The first-order valence-electron chi connectivity index (χ1n) is 3.19. The maximum absolute atomic E-state index is 8.53. The number of hydrogen-bond acceptors (Lipinski definition) is 2. The zero-order chi connectivity index (χ0) is 7.56. The van der Waals surface area contributed by atoms with Crippen LogP contribution in [0.1, 0.15) is 13.3 Å². The fourth-order valence-corrected chi connectivity index (χ4v) is 1.32. The molecule has 1 saturated heterocycles. The largest absolute Gasteiger partial charge is 0.360 e. The number of rotatable bonds is 0. The summed E-state index contributed by atoms with van der Waals surface area (Å²) in [6, 6.07) is 2.34. The van der Waals surface area contributed by atoms with Crippen LogP contribution in [0.3, 0.4) is 0 Å². The van der Waals surface area contributed by atoms with E-state index in [0.29, 0.717) is 11.2 Å². The van der Waals surface area contributed by atoms with Crippen molar-refractivity contribution in [3.05, 3.63) is 0 Å². The molecular weight excluding hydrogens is 146 g/mol. The summed E-state index contributed by atoms with van der Waals surface area (Å²) in [4.78, 5) is 0. The van der Waals surface area contributed by atoms with Crippen molar-refractivity contribution in [2.24, 2.45) is 0 Å². The van der Waals surface area contributed by atoms with E-state index >= 15 is 0 Å². The van der Waals surface area contributed by atoms with Crippen LogP contribution in [0.5, 0.6) is 0 Å². The summed E-state index contributed by atoms with van der Waals surface area (Å²) in [5.74, 6) is 0. The Balaban J connectivity index is 2.52. The van der Waals surface area contributed by atoms with Crippen molar-refractivity contribution in [3.63, 3.8) is 0 Å². The Bertz CT molecular complexity index is 184. The van der Waals surface area contributed by atoms with Crippen LogP contribution in [-0.4, -0.2) is 17.2 Å². The van der Waals surface area contributed by atoms with E-state index in [1.165, 1.54) is 0 Å². The Morgan fingerprint density at radius 2 is 2.40 bits per heavy atom. The molecule has 0 spiro atoms. The second-order valence-corrected chi connectivity index (χ2v) is 2.84. The third-order valence-corrected chi connectivity index (χ3v) is 1.66. The molecule has 2 N–H and O–H groups in total. The molecule has 0 aromatic rings. The minimum Gasteiger partial charge on any atom is -0.360 e. The molecule has 1 fully saturated rings. The van der Waals surface area contributed by atoms with Gasteiger partial charge in [-0.25, -0.2) is 0 Å². The van der Waals surface area contributed by atoms with Crippen LogP contribution in [0.4, 0.5) is 0 Å². The maximum atomic E-state index is 8.53. The lowest BCUT2D eigenvalue weighted by molar-refractivity contribution is 0.500. The molecule has 3 nitrogen and oxygen atoms in total. The summed E-state index contributed by atoms with van der Waals surface area (Å²) >= 11 is 4.85. The van der Waals surface area contributed by atoms with Gasteiger partial charge in [-0.1, -0.05) is 0 Å². The van der Waals surface area contributed by atoms with E-state index in [1.54, 1.807) is 0 Å². The van der Waals surface area contributed by atoms with Gasteiger partial charge in [0.1, 0.15) is 6.04 Å². The third-order valence-electron chi connectivity index (χ3n) is 1.43. The van der Waals surface area contributed by atoms with Gasteiger partial charge in [0.05, 0.1) is 6.07 Å². The van der Waals surface area contributed by atoms with Gasteiger partial charge in [-0.15, -0.1) is 0 Å². The summed E-state index contributed by atoms with van der Waals surface area (Å²) < 4.78 is 0. The van der Waals surface area contributed by atoms with E-state index in [2.05, 4.69) is 16.7 Å². The molecule has 0 amide bonds. The summed E-state index contributed by atoms with van der Waals surface area (Å²) in [7, 11) is 0. The van der Waals surface area contributed by atoms with Crippen LogP contribution in [0.15, 0.2) is 0 Å². The molecule has 54 valence electrons. The summed E-state index contributed by atoms with van der Waals surface area (Å²) in [6.45, 7) is 2.01. The van der Waals surface area contributed by atoms with Crippen molar-refractivity contribution in [1.29, 1.82) is 5.26 Å². The molecule has 1 aliphatic heterocycles. The van der Waals surface area contributed by atoms with Gasteiger partial charge in [0.15, 0.2) is 5.11 Å². The highest BCUT2D eigenvalue weighted by Crippen LogP contribution is 2.01. The van der Waals surface area contributed by atoms with Crippen molar-refractivity contribution in [2.45, 2.75) is 25.4 Å². The highest BCUT2D eigenvalue weighted by molar-refractivity contribution is 7.80. The monoisotopic (exact) mass is 155 g/mol. The highest BCUT2D eigenvalue weighted by atomic mass is 32.1. The van der Waals surface area contributed by atoms with E-state index < -0.39 is 0 Å². The topological polar surface area (TPSA) is 47.9 Å². The molecule has 2 atom stereocenters. The van der Waals surface area contributed by atoms with Crippen LogP contribution in [0.2, 0.25) is 0 Å². The standard InChI is InChI=1S/C6H9N3S/c1-4-2-5(3-7)9-6(10)8-4/h4-5H,2H2,1H3,(H2,8,9,10)/t4-,5-/m1/s1. The molecule has 0 radical (unpaired) electrons. The minimum absolute atomic E-state index is 0.108. The number of thiocarbonyl (C=S) groups is 1. The van der Waals surface area contributed by atoms with Crippen LogP contribution < -0.4 is 10.6 Å². The smallest absolute Gasteiger partial charge is 0.167 e. The fourth-order valence-electron chi connectivity index (χ4n) is 0.980. The molecule has 0 bridgehead atoms. The number of nitrogens with zero attached hydrogens (tertiary/aromatic N) is 1. The van der Waals surface area contributed by atoms with Crippen molar-refractivity contribution < 1.29 is 0 Å². The quantitative estimate of drug-likeness (QED) is 0.488. The van der Waals surface area contributed by atoms with Gasteiger partial charge in [-0.2, -0.15) is 5.26 Å². The predicted octanol–water partition coefficient (Wildman–Crippen LogP) is 0.135. The average Bonchev–Trinajstić information content (AvgIpc) is 1.85. The number of nitriles is 1. The lowest BCUT2D eigenvalue weighted by atomic mass is 10.1. The van der Waals surface area contributed by atoms with Crippen molar-refractivity contribution in [1.82, 2.24) is 10.6 Å². The molecule has 1 heterocycles. The molecule has 10 heavy (non-hydrogen) atoms. The second-order valence-electron chi connectivity index (χ2n) is 2.44. The first-order chi connectivity index (χ1) is 4.72. The molecule has 0 aromatic heterocycles. The Kier molecular flexibility index (Phi) is 2.07. The molecular formula is C6H9N3S. The Morgan fingerprint density at radius 1 is 1.70 bits per heavy atom. The van der Waals surface area contributed by atoms with Gasteiger partial charge in [0.2, 0.25) is 0 Å². The summed E-state index contributed by atoms with van der Waals surface area (Å²) in [5, 5.41) is 15.0. The molecule has 1 aliphatic rings.